The quantitative estimate of drug-likeness (QED) is 0.108. The van der Waals surface area contributed by atoms with Gasteiger partial charge in [-0.3, -0.25) is 10.1 Å². The van der Waals surface area contributed by atoms with Crippen LogP contribution in [0.2, 0.25) is 0 Å². The zero-order valence-electron chi connectivity index (χ0n) is 25.7. The molecule has 0 spiro atoms. The van der Waals surface area contributed by atoms with Crippen LogP contribution in [0.5, 0.6) is 0 Å². The molecule has 0 saturated carbocycles. The summed E-state index contributed by atoms with van der Waals surface area (Å²) < 4.78 is 0. The van der Waals surface area contributed by atoms with E-state index >= 15 is 0 Å². The van der Waals surface area contributed by atoms with Gasteiger partial charge in [0.1, 0.15) is 0 Å². The van der Waals surface area contributed by atoms with Crippen molar-refractivity contribution in [3.8, 4) is 20.2 Å². The number of non-ortho nitro benzene ring substituents is 1. The molecular formula is C37H38N2O2S2. The van der Waals surface area contributed by atoms with E-state index in [1.54, 1.807) is 23.5 Å². The number of likely N-dealkylation sites (N-methyl/N-ethyl adjacent to an activating group) is 1. The lowest BCUT2D eigenvalue weighted by Gasteiger charge is -2.28. The number of allylic oxidation sites excluding steroid dienone is 7. The zero-order valence-corrected chi connectivity index (χ0v) is 27.3. The van der Waals surface area contributed by atoms with Gasteiger partial charge >= 0.3 is 0 Å². The molecule has 0 fully saturated rings. The molecule has 4 nitrogen and oxygen atoms in total. The van der Waals surface area contributed by atoms with Gasteiger partial charge in [-0.2, -0.15) is 0 Å². The monoisotopic (exact) mass is 606 g/mol. The van der Waals surface area contributed by atoms with Crippen LogP contribution in [0.1, 0.15) is 51.3 Å². The topological polar surface area (TPSA) is 46.4 Å². The molecule has 2 aromatic carbocycles. The predicted molar refractivity (Wildman–Crippen MR) is 185 cm³/mol. The van der Waals surface area contributed by atoms with Crippen LogP contribution in [0.4, 0.5) is 11.4 Å². The van der Waals surface area contributed by atoms with Crippen molar-refractivity contribution < 1.29 is 4.92 Å². The summed E-state index contributed by atoms with van der Waals surface area (Å²) in [6.07, 6.45) is 10.3. The van der Waals surface area contributed by atoms with Crippen LogP contribution < -0.4 is 4.90 Å². The Hall–Kier alpha value is -4.00. The Morgan fingerprint density at radius 2 is 1.79 bits per heavy atom. The fraction of sp³-hybridized carbons (Fsp3) is 0.243. The van der Waals surface area contributed by atoms with Crippen LogP contribution in [0, 0.1) is 17.0 Å². The van der Waals surface area contributed by atoms with Crippen molar-refractivity contribution in [3.63, 3.8) is 0 Å². The highest BCUT2D eigenvalue weighted by Gasteiger charge is 2.40. The number of nitro groups is 1. The number of fused-ring (bicyclic) bond motifs is 1. The number of rotatable bonds is 9. The number of hydrogen-bond donors (Lipinski definition) is 0. The molecular weight excluding hydrogens is 569 g/mol. The van der Waals surface area contributed by atoms with E-state index < -0.39 is 0 Å². The van der Waals surface area contributed by atoms with E-state index in [2.05, 4.69) is 113 Å². The summed E-state index contributed by atoms with van der Waals surface area (Å²) >= 11 is 3.61. The van der Waals surface area contributed by atoms with E-state index in [9.17, 15) is 10.1 Å². The second-order valence-electron chi connectivity index (χ2n) is 11.9. The molecule has 220 valence electrons. The van der Waals surface area contributed by atoms with Gasteiger partial charge in [-0.1, -0.05) is 76.8 Å². The molecule has 0 saturated heterocycles. The predicted octanol–water partition coefficient (Wildman–Crippen LogP) is 11.0. The molecule has 0 unspecified atom stereocenters. The molecule has 1 aliphatic heterocycles. The Labute approximate surface area is 263 Å². The van der Waals surface area contributed by atoms with Crippen molar-refractivity contribution >= 4 is 34.0 Å². The van der Waals surface area contributed by atoms with E-state index in [1.807, 2.05) is 35.6 Å². The normalized spacial score (nSPS) is 15.6. The van der Waals surface area contributed by atoms with E-state index in [4.69, 9.17) is 0 Å². The minimum Gasteiger partial charge on any atom is -0.344 e. The van der Waals surface area contributed by atoms with Crippen LogP contribution in [-0.2, 0) is 10.8 Å². The van der Waals surface area contributed by atoms with Gasteiger partial charge in [0.15, 0.2) is 0 Å². The van der Waals surface area contributed by atoms with Gasteiger partial charge in [-0.05, 0) is 83.5 Å². The van der Waals surface area contributed by atoms with Crippen molar-refractivity contribution in [2.24, 2.45) is 0 Å². The zero-order chi connectivity index (χ0) is 30.9. The Morgan fingerprint density at radius 3 is 2.49 bits per heavy atom. The number of nitrogens with zero attached hydrogens (tertiary/aromatic N) is 2. The minimum atomic E-state index is -0.341. The lowest BCUT2D eigenvalue weighted by molar-refractivity contribution is -0.384. The molecule has 0 N–H and O–H groups in total. The molecule has 3 heterocycles. The highest BCUT2D eigenvalue weighted by atomic mass is 32.1. The average molecular weight is 607 g/mol. The van der Waals surface area contributed by atoms with Crippen LogP contribution in [-0.4, -0.2) is 11.5 Å². The largest absolute Gasteiger partial charge is 0.344 e. The smallest absolute Gasteiger partial charge is 0.269 e. The summed E-state index contributed by atoms with van der Waals surface area (Å²) in [5, 5.41) is 13.5. The summed E-state index contributed by atoms with van der Waals surface area (Å²) in [5.41, 5.74) is 7.47. The number of benzene rings is 2. The second kappa shape index (κ2) is 11.9. The fourth-order valence-electron chi connectivity index (χ4n) is 5.87. The first-order chi connectivity index (χ1) is 20.4. The average Bonchev–Trinajstić information content (AvgIpc) is 3.72. The third kappa shape index (κ3) is 5.82. The molecule has 0 radical (unpaired) electrons. The van der Waals surface area contributed by atoms with E-state index in [0.29, 0.717) is 0 Å². The van der Waals surface area contributed by atoms with Crippen LogP contribution >= 0.6 is 22.7 Å². The van der Waals surface area contributed by atoms with Gasteiger partial charge in [0.05, 0.1) is 4.92 Å². The molecule has 5 rings (SSSR count). The van der Waals surface area contributed by atoms with Gasteiger partial charge in [0, 0.05) is 55.5 Å². The third-order valence-electron chi connectivity index (χ3n) is 8.54. The highest BCUT2D eigenvalue weighted by molar-refractivity contribution is 7.23. The first kappa shape index (κ1) is 30.5. The second-order valence-corrected chi connectivity index (χ2v) is 14.0. The summed E-state index contributed by atoms with van der Waals surface area (Å²) in [4.78, 5) is 17.2. The van der Waals surface area contributed by atoms with Crippen molar-refractivity contribution in [2.75, 3.05) is 11.4 Å². The van der Waals surface area contributed by atoms with Gasteiger partial charge in [0.2, 0.25) is 0 Å². The van der Waals surface area contributed by atoms with Crippen molar-refractivity contribution in [1.29, 1.82) is 0 Å². The van der Waals surface area contributed by atoms with Crippen molar-refractivity contribution in [1.82, 2.24) is 0 Å². The standard InChI is InChI=1S/C37H38N2O2S2/c1-8-38-31-19-18-28(39(40)41)24-30(31)37(6,7)35(38)15-11-9-10-13-26(3)36(4,5)29-23-27(17-16-25(29)2)32-20-21-34(43-32)33-14-12-22-42-33/h9-24H,3,8H2,1-2,4-7H3/b11-9+,13-10+,35-15+. The van der Waals surface area contributed by atoms with Crippen molar-refractivity contribution in [2.45, 2.75) is 52.4 Å². The molecule has 4 aromatic rings. The van der Waals surface area contributed by atoms with Crippen LogP contribution in [0.15, 0.2) is 114 Å². The Bertz CT molecular complexity index is 1770. The van der Waals surface area contributed by atoms with Gasteiger partial charge < -0.3 is 4.90 Å². The number of hydrogen-bond acceptors (Lipinski definition) is 5. The fourth-order valence-corrected chi connectivity index (χ4v) is 7.71. The number of thiophene rings is 2. The molecule has 6 heteroatoms. The number of aryl methyl sites for hydroxylation is 1. The van der Waals surface area contributed by atoms with E-state index in [1.165, 1.54) is 31.3 Å². The molecule has 1 aliphatic rings. The molecule has 0 aliphatic carbocycles. The first-order valence-electron chi connectivity index (χ1n) is 14.5. The summed E-state index contributed by atoms with van der Waals surface area (Å²) in [7, 11) is 0. The third-order valence-corrected chi connectivity index (χ3v) is 10.7. The molecule has 0 bridgehead atoms. The van der Waals surface area contributed by atoms with Crippen LogP contribution in [0.3, 0.4) is 0 Å². The Kier molecular flexibility index (Phi) is 8.46. The molecule has 2 aromatic heterocycles. The lowest BCUT2D eigenvalue weighted by atomic mass is 9.75. The van der Waals surface area contributed by atoms with Gasteiger partial charge in [0.25, 0.3) is 5.69 Å². The van der Waals surface area contributed by atoms with Crippen LogP contribution in [0.25, 0.3) is 20.2 Å². The van der Waals surface area contributed by atoms with Gasteiger partial charge in [-0.25, -0.2) is 0 Å². The van der Waals surface area contributed by atoms with Gasteiger partial charge in [-0.15, -0.1) is 22.7 Å². The summed E-state index contributed by atoms with van der Waals surface area (Å²) in [6.45, 7) is 18.2. The summed E-state index contributed by atoms with van der Waals surface area (Å²) in [6, 6.07) is 20.6. The maximum Gasteiger partial charge on any atom is 0.269 e. The number of nitro benzene ring substituents is 1. The molecule has 43 heavy (non-hydrogen) atoms. The SMILES string of the molecule is C=C(/C=C/C=C/C=C1/N(CC)c2ccc([N+](=O)[O-])cc2C1(C)C)C(C)(C)c1cc(-c2ccc(-c3cccs3)s2)ccc1C. The minimum absolute atomic E-state index is 0.128. The highest BCUT2D eigenvalue weighted by Crippen LogP contribution is 2.48. The Balaban J connectivity index is 1.34. The maximum absolute atomic E-state index is 11.4. The Morgan fingerprint density at radius 1 is 1.02 bits per heavy atom. The lowest BCUT2D eigenvalue weighted by Crippen LogP contribution is -2.25. The van der Waals surface area contributed by atoms with Crippen molar-refractivity contribution in [3.05, 3.63) is 141 Å². The molecule has 0 amide bonds. The van der Waals surface area contributed by atoms with E-state index in [-0.39, 0.29) is 21.4 Å². The van der Waals surface area contributed by atoms with E-state index in [0.717, 1.165) is 29.1 Å². The molecule has 0 atom stereocenters. The number of anilines is 1. The first-order valence-corrected chi connectivity index (χ1v) is 16.2. The maximum atomic E-state index is 11.4. The summed E-state index contributed by atoms with van der Waals surface area (Å²) in [5.74, 6) is 0.